The number of hydrogen-bond acceptors (Lipinski definition) is 3. The molecule has 0 radical (unpaired) electrons. The van der Waals surface area contributed by atoms with Crippen LogP contribution in [-0.2, 0) is 10.3 Å². The van der Waals surface area contributed by atoms with Crippen molar-refractivity contribution in [1.29, 1.82) is 0 Å². The van der Waals surface area contributed by atoms with Gasteiger partial charge in [-0.3, -0.25) is 9.69 Å². The number of carbonyl (C=O) groups is 2. The quantitative estimate of drug-likeness (QED) is 0.674. The van der Waals surface area contributed by atoms with Gasteiger partial charge in [0.15, 0.2) is 0 Å². The SMILES string of the molecule is CCN(CC(=O)O)C1CC(NC(=O)NC(C)(C)c2cccc(Cl)c2F)C1. The molecule has 1 aliphatic rings. The van der Waals surface area contributed by atoms with Crippen molar-refractivity contribution in [1.82, 2.24) is 15.5 Å². The summed E-state index contributed by atoms with van der Waals surface area (Å²) in [6.45, 7) is 5.98. The van der Waals surface area contributed by atoms with E-state index in [1.165, 1.54) is 6.07 Å². The maximum atomic E-state index is 14.2. The van der Waals surface area contributed by atoms with Crippen LogP contribution in [0.15, 0.2) is 18.2 Å². The smallest absolute Gasteiger partial charge is 0.317 e. The lowest BCUT2D eigenvalue weighted by Gasteiger charge is -2.42. The monoisotopic (exact) mass is 385 g/mol. The van der Waals surface area contributed by atoms with Gasteiger partial charge in [-0.2, -0.15) is 0 Å². The molecule has 0 bridgehead atoms. The standard InChI is InChI=1S/C18H25ClFN3O3/c1-4-23(10-15(24)25)12-8-11(9-12)21-17(26)22-18(2,3)13-6-5-7-14(19)16(13)20/h5-7,11-12H,4,8-10H2,1-3H3,(H,24,25)(H2,21,22,26). The van der Waals surface area contributed by atoms with E-state index in [1.54, 1.807) is 26.0 Å². The van der Waals surface area contributed by atoms with Gasteiger partial charge < -0.3 is 15.7 Å². The average Bonchev–Trinajstić information content (AvgIpc) is 2.50. The van der Waals surface area contributed by atoms with Crippen LogP contribution in [0, 0.1) is 5.82 Å². The molecule has 1 aromatic carbocycles. The second kappa shape index (κ2) is 8.22. The molecule has 2 rings (SSSR count). The minimum atomic E-state index is -0.930. The highest BCUT2D eigenvalue weighted by molar-refractivity contribution is 6.30. The summed E-state index contributed by atoms with van der Waals surface area (Å²) < 4.78 is 14.2. The minimum absolute atomic E-state index is 0.00115. The summed E-state index contributed by atoms with van der Waals surface area (Å²) in [5, 5.41) is 14.6. The van der Waals surface area contributed by atoms with Crippen LogP contribution in [0.5, 0.6) is 0 Å². The highest BCUT2D eigenvalue weighted by atomic mass is 35.5. The maximum absolute atomic E-state index is 14.2. The van der Waals surface area contributed by atoms with Crippen LogP contribution < -0.4 is 10.6 Å². The molecule has 1 fully saturated rings. The number of carboxylic acid groups (broad SMARTS) is 1. The first-order valence-corrected chi connectivity index (χ1v) is 9.00. The lowest BCUT2D eigenvalue weighted by molar-refractivity contribution is -0.139. The van der Waals surface area contributed by atoms with Crippen LogP contribution >= 0.6 is 11.6 Å². The van der Waals surface area contributed by atoms with Crippen molar-refractivity contribution in [2.24, 2.45) is 0 Å². The van der Waals surface area contributed by atoms with Gasteiger partial charge in [-0.25, -0.2) is 9.18 Å². The Morgan fingerprint density at radius 2 is 2.04 bits per heavy atom. The minimum Gasteiger partial charge on any atom is -0.480 e. The summed E-state index contributed by atoms with van der Waals surface area (Å²) in [5.74, 6) is -1.40. The number of rotatable bonds is 7. The molecule has 8 heteroatoms. The lowest BCUT2D eigenvalue weighted by atomic mass is 9.85. The largest absolute Gasteiger partial charge is 0.480 e. The van der Waals surface area contributed by atoms with E-state index >= 15 is 0 Å². The Balaban J connectivity index is 1.88. The van der Waals surface area contributed by atoms with E-state index in [1.807, 2.05) is 11.8 Å². The Morgan fingerprint density at radius 1 is 1.38 bits per heavy atom. The molecule has 0 aromatic heterocycles. The number of likely N-dealkylation sites (N-methyl/N-ethyl adjacent to an activating group) is 1. The van der Waals surface area contributed by atoms with Crippen molar-refractivity contribution in [2.75, 3.05) is 13.1 Å². The third-order valence-corrected chi connectivity index (χ3v) is 5.05. The van der Waals surface area contributed by atoms with Crippen molar-refractivity contribution >= 4 is 23.6 Å². The number of nitrogens with one attached hydrogen (secondary N) is 2. The van der Waals surface area contributed by atoms with Gasteiger partial charge >= 0.3 is 12.0 Å². The maximum Gasteiger partial charge on any atom is 0.317 e. The molecule has 2 amide bonds. The molecular formula is C18H25ClFN3O3. The van der Waals surface area contributed by atoms with E-state index in [2.05, 4.69) is 10.6 Å². The number of nitrogens with zero attached hydrogens (tertiary/aromatic N) is 1. The molecule has 0 spiro atoms. The molecule has 1 saturated carbocycles. The van der Waals surface area contributed by atoms with Crippen molar-refractivity contribution < 1.29 is 19.1 Å². The van der Waals surface area contributed by atoms with Gasteiger partial charge in [-0.05, 0) is 39.3 Å². The normalized spacial score (nSPS) is 19.8. The zero-order valence-electron chi connectivity index (χ0n) is 15.2. The van der Waals surface area contributed by atoms with E-state index in [0.717, 1.165) is 0 Å². The van der Waals surface area contributed by atoms with Gasteiger partial charge in [0.05, 0.1) is 17.1 Å². The van der Waals surface area contributed by atoms with Crippen molar-refractivity contribution in [3.63, 3.8) is 0 Å². The number of urea groups is 1. The highest BCUT2D eigenvalue weighted by Crippen LogP contribution is 2.28. The Bertz CT molecular complexity index is 678. The van der Waals surface area contributed by atoms with Gasteiger partial charge in [-0.1, -0.05) is 30.7 Å². The molecule has 1 aliphatic carbocycles. The first kappa shape index (κ1) is 20.5. The van der Waals surface area contributed by atoms with Crippen LogP contribution in [0.3, 0.4) is 0 Å². The first-order valence-electron chi connectivity index (χ1n) is 8.63. The molecule has 0 unspecified atom stereocenters. The van der Waals surface area contributed by atoms with E-state index in [-0.39, 0.29) is 29.7 Å². The zero-order valence-corrected chi connectivity index (χ0v) is 15.9. The van der Waals surface area contributed by atoms with E-state index < -0.39 is 17.3 Å². The summed E-state index contributed by atoms with van der Waals surface area (Å²) in [4.78, 5) is 25.0. The summed E-state index contributed by atoms with van der Waals surface area (Å²) >= 11 is 5.82. The van der Waals surface area contributed by atoms with Crippen LogP contribution in [0.25, 0.3) is 0 Å². The van der Waals surface area contributed by atoms with Crippen molar-refractivity contribution in [3.05, 3.63) is 34.6 Å². The number of aliphatic carboxylic acids is 1. The number of halogens is 2. The Labute approximate surface area is 157 Å². The van der Waals surface area contributed by atoms with Crippen LogP contribution in [-0.4, -0.2) is 47.2 Å². The highest BCUT2D eigenvalue weighted by Gasteiger charge is 2.35. The predicted molar refractivity (Wildman–Crippen MR) is 97.8 cm³/mol. The van der Waals surface area contributed by atoms with Gasteiger partial charge in [0, 0.05) is 17.6 Å². The molecule has 3 N–H and O–H groups in total. The van der Waals surface area contributed by atoms with Gasteiger partial charge in [-0.15, -0.1) is 0 Å². The van der Waals surface area contributed by atoms with Crippen molar-refractivity contribution in [3.8, 4) is 0 Å². The third-order valence-electron chi connectivity index (χ3n) is 4.76. The molecule has 144 valence electrons. The number of carbonyl (C=O) groups excluding carboxylic acids is 1. The molecule has 0 saturated heterocycles. The van der Waals surface area contributed by atoms with E-state index in [4.69, 9.17) is 16.7 Å². The Kier molecular flexibility index (Phi) is 6.47. The average molecular weight is 386 g/mol. The van der Waals surface area contributed by atoms with Gasteiger partial charge in [0.2, 0.25) is 0 Å². The topological polar surface area (TPSA) is 81.7 Å². The van der Waals surface area contributed by atoms with Crippen LogP contribution in [0.2, 0.25) is 5.02 Å². The number of carboxylic acids is 1. The fraction of sp³-hybridized carbons (Fsp3) is 0.556. The summed E-state index contributed by atoms with van der Waals surface area (Å²) in [6, 6.07) is 4.43. The van der Waals surface area contributed by atoms with Crippen LogP contribution in [0.4, 0.5) is 9.18 Å². The van der Waals surface area contributed by atoms with Crippen molar-refractivity contribution in [2.45, 2.75) is 51.2 Å². The predicted octanol–water partition coefficient (Wildman–Crippen LogP) is 2.95. The van der Waals surface area contributed by atoms with Gasteiger partial charge in [0.25, 0.3) is 0 Å². The second-order valence-electron chi connectivity index (χ2n) is 7.10. The molecular weight excluding hydrogens is 361 g/mol. The van der Waals surface area contributed by atoms with E-state index in [0.29, 0.717) is 24.9 Å². The molecule has 0 heterocycles. The summed E-state index contributed by atoms with van der Waals surface area (Å²) in [6.07, 6.45) is 1.39. The number of benzene rings is 1. The van der Waals surface area contributed by atoms with E-state index in [9.17, 15) is 14.0 Å². The zero-order chi connectivity index (χ0) is 19.5. The second-order valence-corrected chi connectivity index (χ2v) is 7.51. The Hall–Kier alpha value is -1.86. The summed E-state index contributed by atoms with van der Waals surface area (Å²) in [7, 11) is 0. The molecule has 1 aromatic rings. The molecule has 0 aliphatic heterocycles. The van der Waals surface area contributed by atoms with Gasteiger partial charge in [0.1, 0.15) is 5.82 Å². The van der Waals surface area contributed by atoms with Crippen LogP contribution in [0.1, 0.15) is 39.2 Å². The molecule has 6 nitrogen and oxygen atoms in total. The molecule has 0 atom stereocenters. The first-order chi connectivity index (χ1) is 12.1. The number of hydrogen-bond donors (Lipinski definition) is 3. The molecule has 26 heavy (non-hydrogen) atoms. The fourth-order valence-corrected chi connectivity index (χ4v) is 3.41. The number of amides is 2. The lowest BCUT2D eigenvalue weighted by Crippen LogP contribution is -2.58. The summed E-state index contributed by atoms with van der Waals surface area (Å²) in [5.41, 5.74) is -0.619. The fourth-order valence-electron chi connectivity index (χ4n) is 3.24. The Morgan fingerprint density at radius 3 is 2.62 bits per heavy atom. The third kappa shape index (κ3) is 4.86.